The number of methoxy groups -OCH3 is 1. The first-order valence-corrected chi connectivity index (χ1v) is 12.8. The quantitative estimate of drug-likeness (QED) is 0.577. The first kappa shape index (κ1) is 25.9. The van der Waals surface area contributed by atoms with E-state index >= 15 is 0 Å². The highest BCUT2D eigenvalue weighted by Gasteiger charge is 2.27. The van der Waals surface area contributed by atoms with Crippen molar-refractivity contribution in [2.45, 2.75) is 31.7 Å². The number of amides is 1. The molecule has 0 aromatic heterocycles. The molecular weight excluding hydrogens is 461 g/mol. The number of rotatable bonds is 9. The summed E-state index contributed by atoms with van der Waals surface area (Å²) in [4.78, 5) is 15.5. The first-order chi connectivity index (χ1) is 16.2. The number of ether oxygens (including phenoxy) is 2. The summed E-state index contributed by atoms with van der Waals surface area (Å²) in [5, 5.41) is 2.88. The van der Waals surface area contributed by atoms with E-state index in [2.05, 4.69) is 5.32 Å². The number of anilines is 1. The van der Waals surface area contributed by atoms with Crippen molar-refractivity contribution in [2.24, 2.45) is 0 Å². The van der Waals surface area contributed by atoms with Crippen molar-refractivity contribution in [1.29, 1.82) is 0 Å². The van der Waals surface area contributed by atoms with Gasteiger partial charge in [0.05, 0.1) is 36.8 Å². The van der Waals surface area contributed by atoms with Gasteiger partial charge in [-0.2, -0.15) is 4.31 Å². The number of hydrogen-bond donors (Lipinski definition) is 1. The van der Waals surface area contributed by atoms with Crippen LogP contribution in [0.2, 0.25) is 0 Å². The molecule has 2 aromatic carbocycles. The zero-order chi connectivity index (χ0) is 24.9. The van der Waals surface area contributed by atoms with Crippen LogP contribution >= 0.6 is 0 Å². The lowest BCUT2D eigenvalue weighted by atomic mass is 10.1. The molecule has 10 heteroatoms. The Morgan fingerprint density at radius 2 is 1.85 bits per heavy atom. The van der Waals surface area contributed by atoms with Crippen LogP contribution in [0.25, 0.3) is 0 Å². The second kappa shape index (κ2) is 11.2. The van der Waals surface area contributed by atoms with Gasteiger partial charge >= 0.3 is 0 Å². The van der Waals surface area contributed by atoms with Gasteiger partial charge < -0.3 is 19.7 Å². The fourth-order valence-electron chi connectivity index (χ4n) is 3.96. The number of morpholine rings is 1. The number of carbonyl (C=O) groups excluding carboxylic acids is 1. The van der Waals surface area contributed by atoms with Gasteiger partial charge in [-0.3, -0.25) is 4.79 Å². The minimum Gasteiger partial charge on any atom is -0.494 e. The molecule has 0 saturated carbocycles. The van der Waals surface area contributed by atoms with Crippen LogP contribution in [-0.4, -0.2) is 65.1 Å². The SMILES string of the molecule is CCN(CC)S(=O)(=O)c1ccc(N2CCOCC2)c(C(=O)N[C@@H](C)c2ccc(OC)c(F)c2)c1. The summed E-state index contributed by atoms with van der Waals surface area (Å²) >= 11 is 0. The van der Waals surface area contributed by atoms with E-state index in [0.717, 1.165) is 0 Å². The molecule has 0 unspecified atom stereocenters. The summed E-state index contributed by atoms with van der Waals surface area (Å²) in [6.07, 6.45) is 0. The number of carbonyl (C=O) groups is 1. The third kappa shape index (κ3) is 5.51. The molecule has 186 valence electrons. The Balaban J connectivity index is 1.97. The topological polar surface area (TPSA) is 88.2 Å². The largest absolute Gasteiger partial charge is 0.494 e. The number of hydrogen-bond acceptors (Lipinski definition) is 6. The molecule has 1 heterocycles. The Bertz CT molecular complexity index is 1120. The molecule has 0 bridgehead atoms. The van der Waals surface area contributed by atoms with E-state index in [1.807, 2.05) is 4.90 Å². The average Bonchev–Trinajstić information content (AvgIpc) is 2.84. The zero-order valence-corrected chi connectivity index (χ0v) is 20.8. The number of nitrogens with zero attached hydrogens (tertiary/aromatic N) is 2. The smallest absolute Gasteiger partial charge is 0.253 e. The van der Waals surface area contributed by atoms with Crippen LogP contribution in [0.1, 0.15) is 42.7 Å². The summed E-state index contributed by atoms with van der Waals surface area (Å²) < 4.78 is 52.1. The van der Waals surface area contributed by atoms with Crippen molar-refractivity contribution in [3.8, 4) is 5.75 Å². The molecule has 1 fully saturated rings. The van der Waals surface area contributed by atoms with Crippen molar-refractivity contribution in [1.82, 2.24) is 9.62 Å². The van der Waals surface area contributed by atoms with Crippen molar-refractivity contribution in [3.05, 3.63) is 53.3 Å². The molecule has 0 aliphatic carbocycles. The highest BCUT2D eigenvalue weighted by atomic mass is 32.2. The molecule has 1 aliphatic rings. The van der Waals surface area contributed by atoms with E-state index in [0.29, 0.717) is 50.6 Å². The van der Waals surface area contributed by atoms with Gasteiger partial charge in [-0.25, -0.2) is 12.8 Å². The van der Waals surface area contributed by atoms with E-state index in [9.17, 15) is 17.6 Å². The van der Waals surface area contributed by atoms with Gasteiger partial charge in [0.2, 0.25) is 10.0 Å². The summed E-state index contributed by atoms with van der Waals surface area (Å²) in [6.45, 7) is 8.13. The van der Waals surface area contributed by atoms with Gasteiger partial charge in [-0.05, 0) is 42.8 Å². The maximum atomic E-state index is 14.2. The van der Waals surface area contributed by atoms with E-state index in [1.165, 1.54) is 35.7 Å². The van der Waals surface area contributed by atoms with E-state index in [4.69, 9.17) is 9.47 Å². The van der Waals surface area contributed by atoms with Gasteiger partial charge in [0.1, 0.15) is 0 Å². The van der Waals surface area contributed by atoms with Crippen LogP contribution in [0.4, 0.5) is 10.1 Å². The van der Waals surface area contributed by atoms with Crippen molar-refractivity contribution >= 4 is 21.6 Å². The third-order valence-corrected chi connectivity index (χ3v) is 7.98. The van der Waals surface area contributed by atoms with Crippen LogP contribution in [-0.2, 0) is 14.8 Å². The van der Waals surface area contributed by atoms with Crippen LogP contribution in [0.3, 0.4) is 0 Å². The summed E-state index contributed by atoms with van der Waals surface area (Å²) in [5.41, 5.74) is 1.44. The molecule has 1 atom stereocenters. The lowest BCUT2D eigenvalue weighted by Crippen LogP contribution is -2.38. The van der Waals surface area contributed by atoms with E-state index in [1.54, 1.807) is 32.9 Å². The number of halogens is 1. The molecular formula is C24H32FN3O5S. The van der Waals surface area contributed by atoms with E-state index < -0.39 is 27.8 Å². The second-order valence-corrected chi connectivity index (χ2v) is 9.89. The monoisotopic (exact) mass is 493 g/mol. The molecule has 1 N–H and O–H groups in total. The number of sulfonamides is 1. The highest BCUT2D eigenvalue weighted by molar-refractivity contribution is 7.89. The first-order valence-electron chi connectivity index (χ1n) is 11.3. The molecule has 3 rings (SSSR count). The molecule has 1 aliphatic heterocycles. The molecule has 1 amide bonds. The predicted octanol–water partition coefficient (Wildman–Crippen LogP) is 3.19. The Kier molecular flexibility index (Phi) is 8.51. The molecule has 0 radical (unpaired) electrons. The predicted molar refractivity (Wildman–Crippen MR) is 128 cm³/mol. The lowest BCUT2D eigenvalue weighted by molar-refractivity contribution is 0.0938. The Morgan fingerprint density at radius 3 is 2.44 bits per heavy atom. The number of benzene rings is 2. The van der Waals surface area contributed by atoms with Crippen LogP contribution in [0, 0.1) is 5.82 Å². The van der Waals surface area contributed by atoms with Crippen molar-refractivity contribution < 1.29 is 27.1 Å². The molecule has 2 aromatic rings. The van der Waals surface area contributed by atoms with Gasteiger partial charge in [-0.1, -0.05) is 19.9 Å². The standard InChI is InChI=1S/C24H32FN3O5S/c1-5-28(6-2)34(30,31)19-8-9-22(27-11-13-33-14-12-27)20(16-19)24(29)26-17(3)18-7-10-23(32-4)21(25)15-18/h7-10,15-17H,5-6,11-14H2,1-4H3,(H,26,29)/t17-/m0/s1. The summed E-state index contributed by atoms with van der Waals surface area (Å²) in [6, 6.07) is 8.61. The van der Waals surface area contributed by atoms with Crippen molar-refractivity contribution in [3.63, 3.8) is 0 Å². The number of nitrogens with one attached hydrogen (secondary N) is 1. The molecule has 1 saturated heterocycles. The van der Waals surface area contributed by atoms with E-state index in [-0.39, 0.29) is 16.2 Å². The minimum atomic E-state index is -3.75. The van der Waals surface area contributed by atoms with Crippen molar-refractivity contribution in [2.75, 3.05) is 51.4 Å². The van der Waals surface area contributed by atoms with Gasteiger partial charge in [0, 0.05) is 31.9 Å². The normalized spacial score (nSPS) is 15.3. The van der Waals surface area contributed by atoms with Crippen LogP contribution in [0.15, 0.2) is 41.3 Å². The Hall–Kier alpha value is -2.69. The highest BCUT2D eigenvalue weighted by Crippen LogP contribution is 2.28. The molecule has 34 heavy (non-hydrogen) atoms. The maximum absolute atomic E-state index is 14.2. The Morgan fingerprint density at radius 1 is 1.18 bits per heavy atom. The minimum absolute atomic E-state index is 0.0569. The van der Waals surface area contributed by atoms with Gasteiger partial charge in [0.25, 0.3) is 5.91 Å². The summed E-state index contributed by atoms with van der Waals surface area (Å²) in [7, 11) is -2.37. The van der Waals surface area contributed by atoms with Gasteiger partial charge in [-0.15, -0.1) is 0 Å². The lowest BCUT2D eigenvalue weighted by Gasteiger charge is -2.31. The van der Waals surface area contributed by atoms with Gasteiger partial charge in [0.15, 0.2) is 11.6 Å². The fraction of sp³-hybridized carbons (Fsp3) is 0.458. The zero-order valence-electron chi connectivity index (χ0n) is 20.0. The third-order valence-electron chi connectivity index (χ3n) is 5.93. The second-order valence-electron chi connectivity index (χ2n) is 7.96. The molecule has 8 nitrogen and oxygen atoms in total. The average molecular weight is 494 g/mol. The van der Waals surface area contributed by atoms with Crippen LogP contribution in [0.5, 0.6) is 5.75 Å². The Labute approximate surface area is 200 Å². The summed E-state index contributed by atoms with van der Waals surface area (Å²) in [5.74, 6) is -0.851. The maximum Gasteiger partial charge on any atom is 0.253 e. The molecule has 0 spiro atoms. The fourth-order valence-corrected chi connectivity index (χ4v) is 5.44. The van der Waals surface area contributed by atoms with Crippen LogP contribution < -0.4 is 15.0 Å².